The van der Waals surface area contributed by atoms with E-state index < -0.39 is 5.91 Å². The van der Waals surface area contributed by atoms with E-state index in [1.54, 1.807) is 54.6 Å². The van der Waals surface area contributed by atoms with Gasteiger partial charge in [0.25, 0.3) is 5.91 Å². The topological polar surface area (TPSA) is 80.6 Å². The van der Waals surface area contributed by atoms with Gasteiger partial charge in [-0.15, -0.1) is 0 Å². The van der Waals surface area contributed by atoms with E-state index in [1.807, 2.05) is 13.0 Å². The lowest BCUT2D eigenvalue weighted by Gasteiger charge is -2.15. The highest BCUT2D eigenvalue weighted by molar-refractivity contribution is 14.1. The second-order valence-electron chi connectivity index (χ2n) is 7.10. The molecular formula is C26H21Cl2IN2O4. The van der Waals surface area contributed by atoms with Crippen molar-refractivity contribution in [3.63, 3.8) is 0 Å². The smallest absolute Gasteiger partial charge is 0.266 e. The monoisotopic (exact) mass is 622 g/mol. The highest BCUT2D eigenvalue weighted by Gasteiger charge is 2.15. The van der Waals surface area contributed by atoms with Crippen LogP contribution in [-0.4, -0.2) is 19.6 Å². The van der Waals surface area contributed by atoms with Gasteiger partial charge in [-0.25, -0.2) is 0 Å². The molecule has 0 bridgehead atoms. The predicted octanol–water partition coefficient (Wildman–Crippen LogP) is 7.13. The molecule has 0 heterocycles. The van der Waals surface area contributed by atoms with Gasteiger partial charge in [0.2, 0.25) is 0 Å². The van der Waals surface area contributed by atoms with Crippen LogP contribution in [0.15, 0.2) is 60.2 Å². The number of halogens is 3. The molecule has 180 valence electrons. The highest BCUT2D eigenvalue weighted by Crippen LogP contribution is 2.36. The number of hydrogen-bond acceptors (Lipinski definition) is 5. The molecule has 0 aliphatic heterocycles. The van der Waals surface area contributed by atoms with E-state index in [9.17, 15) is 10.1 Å². The third kappa shape index (κ3) is 7.04. The first-order valence-electron chi connectivity index (χ1n) is 10.5. The average Bonchev–Trinajstić information content (AvgIpc) is 2.84. The molecule has 0 spiro atoms. The second-order valence-corrected chi connectivity index (χ2v) is 9.08. The number of nitriles is 1. The first kappa shape index (κ1) is 26.7. The van der Waals surface area contributed by atoms with Crippen molar-refractivity contribution in [1.29, 1.82) is 5.26 Å². The van der Waals surface area contributed by atoms with E-state index in [4.69, 9.17) is 37.4 Å². The van der Waals surface area contributed by atoms with Crippen LogP contribution in [0.4, 0.5) is 5.69 Å². The molecule has 0 atom stereocenters. The molecule has 0 aliphatic rings. The van der Waals surface area contributed by atoms with E-state index in [0.29, 0.717) is 50.7 Å². The van der Waals surface area contributed by atoms with Crippen LogP contribution in [0.2, 0.25) is 10.0 Å². The van der Waals surface area contributed by atoms with E-state index in [0.717, 1.165) is 3.57 Å². The van der Waals surface area contributed by atoms with Crippen LogP contribution in [0.3, 0.4) is 0 Å². The molecular weight excluding hydrogens is 602 g/mol. The number of carbonyl (C=O) groups is 1. The predicted molar refractivity (Wildman–Crippen MR) is 146 cm³/mol. The van der Waals surface area contributed by atoms with Crippen LogP contribution >= 0.6 is 45.8 Å². The number of carbonyl (C=O) groups excluding carboxylic acids is 1. The van der Waals surface area contributed by atoms with Crippen molar-refractivity contribution in [3.8, 4) is 23.3 Å². The first-order chi connectivity index (χ1) is 16.9. The minimum atomic E-state index is -0.528. The Balaban J connectivity index is 1.80. The van der Waals surface area contributed by atoms with Crippen molar-refractivity contribution in [1.82, 2.24) is 0 Å². The molecule has 1 N–H and O–H groups in total. The summed E-state index contributed by atoms with van der Waals surface area (Å²) in [5.41, 5.74) is 1.75. The molecule has 0 aromatic heterocycles. The summed E-state index contributed by atoms with van der Waals surface area (Å²) in [6, 6.07) is 17.6. The van der Waals surface area contributed by atoms with Gasteiger partial charge in [-0.1, -0.05) is 29.3 Å². The largest absolute Gasteiger partial charge is 0.494 e. The summed E-state index contributed by atoms with van der Waals surface area (Å²) < 4.78 is 17.6. The van der Waals surface area contributed by atoms with Crippen LogP contribution in [0, 0.1) is 14.9 Å². The molecule has 1 amide bonds. The molecule has 0 unspecified atom stereocenters. The molecule has 35 heavy (non-hydrogen) atoms. The molecule has 0 radical (unpaired) electrons. The number of amides is 1. The van der Waals surface area contributed by atoms with Gasteiger partial charge in [0, 0.05) is 21.3 Å². The van der Waals surface area contributed by atoms with Crippen LogP contribution < -0.4 is 19.5 Å². The number of nitrogens with zero attached hydrogens (tertiary/aromatic N) is 1. The van der Waals surface area contributed by atoms with Gasteiger partial charge in [-0.05, 0) is 89.7 Å². The number of anilines is 1. The summed E-state index contributed by atoms with van der Waals surface area (Å²) in [5.74, 6) is 1.11. The van der Waals surface area contributed by atoms with Crippen molar-refractivity contribution in [3.05, 3.63) is 84.9 Å². The number of hydrogen-bond donors (Lipinski definition) is 1. The zero-order chi connectivity index (χ0) is 25.4. The Morgan fingerprint density at radius 1 is 1.11 bits per heavy atom. The average molecular weight is 623 g/mol. The SMILES string of the molecule is CCOc1ccc(NC(=O)/C(C#N)=C\c2cc(I)c(OCc3c(Cl)cccc3Cl)c(OC)c2)cc1. The Hall–Kier alpha value is -2.93. The van der Waals surface area contributed by atoms with Crippen molar-refractivity contribution >= 4 is 63.5 Å². The van der Waals surface area contributed by atoms with Crippen molar-refractivity contribution in [2.45, 2.75) is 13.5 Å². The Bertz CT molecular complexity index is 1270. The number of nitrogens with one attached hydrogen (secondary N) is 1. The van der Waals surface area contributed by atoms with E-state index in [1.165, 1.54) is 13.2 Å². The molecule has 6 nitrogen and oxygen atoms in total. The fourth-order valence-electron chi connectivity index (χ4n) is 3.09. The van der Waals surface area contributed by atoms with Gasteiger partial charge in [-0.3, -0.25) is 4.79 Å². The minimum absolute atomic E-state index is 0.0618. The lowest BCUT2D eigenvalue weighted by molar-refractivity contribution is -0.112. The molecule has 0 aliphatic carbocycles. The van der Waals surface area contributed by atoms with Gasteiger partial charge in [0.05, 0.1) is 17.3 Å². The Morgan fingerprint density at radius 2 is 1.80 bits per heavy atom. The van der Waals surface area contributed by atoms with Gasteiger partial charge in [0.15, 0.2) is 11.5 Å². The maximum absolute atomic E-state index is 12.7. The molecule has 3 aromatic rings. The molecule has 0 saturated carbocycles. The van der Waals surface area contributed by atoms with Crippen molar-refractivity contribution in [2.75, 3.05) is 19.0 Å². The number of ether oxygens (including phenoxy) is 3. The summed E-state index contributed by atoms with van der Waals surface area (Å²) in [6.07, 6.45) is 1.49. The fraction of sp³-hybridized carbons (Fsp3) is 0.154. The summed E-state index contributed by atoms with van der Waals surface area (Å²) in [4.78, 5) is 12.7. The molecule has 0 saturated heterocycles. The summed E-state index contributed by atoms with van der Waals surface area (Å²) in [6.45, 7) is 2.59. The van der Waals surface area contributed by atoms with Crippen molar-refractivity contribution in [2.24, 2.45) is 0 Å². The van der Waals surface area contributed by atoms with E-state index in [2.05, 4.69) is 27.9 Å². The Kier molecular flexibility index (Phi) is 9.66. The van der Waals surface area contributed by atoms with Gasteiger partial charge in [-0.2, -0.15) is 5.26 Å². The third-order valence-electron chi connectivity index (χ3n) is 4.77. The zero-order valence-corrected chi connectivity index (χ0v) is 22.6. The standard InChI is InChI=1S/C26H21Cl2IN2O4/c1-3-34-19-9-7-18(8-10-19)31-26(32)17(14-30)11-16-12-23(29)25(24(13-16)33-2)35-15-20-21(27)5-4-6-22(20)28/h4-13H,3,15H2,1-2H3,(H,31,32)/b17-11-. The Morgan fingerprint density at radius 3 is 2.40 bits per heavy atom. The Labute approximate surface area is 227 Å². The lowest BCUT2D eigenvalue weighted by atomic mass is 10.1. The number of methoxy groups -OCH3 is 1. The summed E-state index contributed by atoms with van der Waals surface area (Å²) in [5, 5.41) is 13.3. The van der Waals surface area contributed by atoms with Crippen molar-refractivity contribution < 1.29 is 19.0 Å². The van der Waals surface area contributed by atoms with Crippen LogP contribution in [0.1, 0.15) is 18.1 Å². The number of benzene rings is 3. The molecule has 3 rings (SSSR count). The van der Waals surface area contributed by atoms with Gasteiger partial charge < -0.3 is 19.5 Å². The normalized spacial score (nSPS) is 10.9. The van der Waals surface area contributed by atoms with E-state index in [-0.39, 0.29) is 12.2 Å². The fourth-order valence-corrected chi connectivity index (χ4v) is 4.38. The summed E-state index contributed by atoms with van der Waals surface area (Å²) in [7, 11) is 1.51. The highest BCUT2D eigenvalue weighted by atomic mass is 127. The molecule has 0 fully saturated rings. The minimum Gasteiger partial charge on any atom is -0.494 e. The first-order valence-corrected chi connectivity index (χ1v) is 12.3. The van der Waals surface area contributed by atoms with Gasteiger partial charge >= 0.3 is 0 Å². The second kappa shape index (κ2) is 12.7. The maximum Gasteiger partial charge on any atom is 0.266 e. The summed E-state index contributed by atoms with van der Waals surface area (Å²) >= 11 is 14.6. The molecule has 3 aromatic carbocycles. The third-order valence-corrected chi connectivity index (χ3v) is 6.28. The van der Waals surface area contributed by atoms with E-state index >= 15 is 0 Å². The quantitative estimate of drug-likeness (QED) is 0.156. The molecule has 9 heteroatoms. The maximum atomic E-state index is 12.7. The van der Waals surface area contributed by atoms with Gasteiger partial charge in [0.1, 0.15) is 24.0 Å². The lowest BCUT2D eigenvalue weighted by Crippen LogP contribution is -2.13. The van der Waals surface area contributed by atoms with Crippen LogP contribution in [0.25, 0.3) is 6.08 Å². The zero-order valence-electron chi connectivity index (χ0n) is 18.9. The van der Waals surface area contributed by atoms with Crippen LogP contribution in [0.5, 0.6) is 17.2 Å². The van der Waals surface area contributed by atoms with Crippen LogP contribution in [-0.2, 0) is 11.4 Å². The number of rotatable bonds is 9.